The Morgan fingerprint density at radius 1 is 1.45 bits per heavy atom. The molecule has 0 spiro atoms. The molecule has 0 atom stereocenters. The minimum absolute atomic E-state index is 0.0364. The fourth-order valence-electron chi connectivity index (χ4n) is 1.52. The van der Waals surface area contributed by atoms with E-state index in [1.54, 1.807) is 13.1 Å². The molecule has 20 heavy (non-hydrogen) atoms. The number of aromatic nitrogens is 2. The van der Waals surface area contributed by atoms with E-state index in [0.29, 0.717) is 4.47 Å². The molecule has 0 bridgehead atoms. The van der Waals surface area contributed by atoms with Gasteiger partial charge in [0, 0.05) is 17.7 Å². The molecule has 2 rings (SSSR count). The molecule has 0 aliphatic carbocycles. The number of aryl methyl sites for hydroxylation is 1. The molecule has 7 nitrogen and oxygen atoms in total. The molecule has 2 aromatic rings. The Bertz CT molecular complexity index is 770. The Hall–Kier alpha value is -1.87. The van der Waals surface area contributed by atoms with Gasteiger partial charge in [0.05, 0.1) is 17.6 Å². The van der Waals surface area contributed by atoms with Crippen molar-refractivity contribution in [3.05, 3.63) is 40.8 Å². The predicted molar refractivity (Wildman–Crippen MR) is 75.1 cm³/mol. The van der Waals surface area contributed by atoms with Gasteiger partial charge in [0.1, 0.15) is 0 Å². The van der Waals surface area contributed by atoms with Crippen LogP contribution in [0.25, 0.3) is 0 Å². The molecule has 0 unspecified atom stereocenters. The van der Waals surface area contributed by atoms with E-state index < -0.39 is 16.0 Å². The van der Waals surface area contributed by atoms with Crippen molar-refractivity contribution in [1.29, 1.82) is 0 Å². The summed E-state index contributed by atoms with van der Waals surface area (Å²) in [5, 5.41) is 8.90. The molecule has 0 aliphatic rings. The van der Waals surface area contributed by atoms with E-state index in [1.807, 2.05) is 0 Å². The van der Waals surface area contributed by atoms with Crippen molar-refractivity contribution in [2.45, 2.75) is 5.03 Å². The average molecular weight is 360 g/mol. The van der Waals surface area contributed by atoms with Gasteiger partial charge in [-0.1, -0.05) is 6.07 Å². The largest absolute Gasteiger partial charge is 0.478 e. The number of nitrogens with zero attached hydrogens (tertiary/aromatic N) is 2. The molecule has 0 saturated heterocycles. The third kappa shape index (κ3) is 2.83. The number of rotatable bonds is 4. The lowest BCUT2D eigenvalue weighted by Crippen LogP contribution is -2.16. The zero-order valence-corrected chi connectivity index (χ0v) is 12.6. The number of benzene rings is 1. The molecule has 0 fully saturated rings. The summed E-state index contributed by atoms with van der Waals surface area (Å²) in [6.07, 6.45) is 2.66. The van der Waals surface area contributed by atoms with Gasteiger partial charge in [-0.3, -0.25) is 4.72 Å². The lowest BCUT2D eigenvalue weighted by atomic mass is 10.2. The summed E-state index contributed by atoms with van der Waals surface area (Å²) in [6.45, 7) is 0. The van der Waals surface area contributed by atoms with E-state index >= 15 is 0 Å². The number of hydrogen-bond donors (Lipinski definition) is 2. The number of nitrogens with one attached hydrogen (secondary N) is 1. The molecule has 0 aliphatic heterocycles. The Balaban J connectivity index is 2.47. The molecule has 0 saturated carbocycles. The summed E-state index contributed by atoms with van der Waals surface area (Å²) in [5.41, 5.74) is -0.190. The van der Waals surface area contributed by atoms with Gasteiger partial charge in [0.25, 0.3) is 10.0 Å². The minimum atomic E-state index is -3.95. The van der Waals surface area contributed by atoms with E-state index in [2.05, 4.69) is 25.6 Å². The van der Waals surface area contributed by atoms with Crippen molar-refractivity contribution >= 4 is 37.6 Å². The summed E-state index contributed by atoms with van der Waals surface area (Å²) in [7, 11) is -2.31. The van der Waals surface area contributed by atoms with Gasteiger partial charge in [-0.15, -0.1) is 0 Å². The highest BCUT2D eigenvalue weighted by Gasteiger charge is 2.22. The van der Waals surface area contributed by atoms with Gasteiger partial charge in [-0.2, -0.15) is 8.42 Å². The third-order valence-corrected chi connectivity index (χ3v) is 4.33. The van der Waals surface area contributed by atoms with Crippen LogP contribution in [-0.2, 0) is 17.1 Å². The smallest absolute Gasteiger partial charge is 0.337 e. The molecule has 1 aromatic heterocycles. The number of imidazole rings is 1. The number of carbonyl (C=O) groups is 1. The number of carboxylic acids is 1. The zero-order valence-electron chi connectivity index (χ0n) is 10.2. The van der Waals surface area contributed by atoms with Gasteiger partial charge in [0.2, 0.25) is 0 Å². The van der Waals surface area contributed by atoms with Crippen molar-refractivity contribution < 1.29 is 18.3 Å². The topological polar surface area (TPSA) is 101 Å². The number of anilines is 1. The van der Waals surface area contributed by atoms with Crippen molar-refractivity contribution in [2.75, 3.05) is 4.72 Å². The third-order valence-electron chi connectivity index (χ3n) is 2.44. The first kappa shape index (κ1) is 14.5. The monoisotopic (exact) mass is 359 g/mol. The van der Waals surface area contributed by atoms with Gasteiger partial charge in [-0.05, 0) is 28.1 Å². The normalized spacial score (nSPS) is 11.3. The maximum atomic E-state index is 12.1. The van der Waals surface area contributed by atoms with E-state index in [-0.39, 0.29) is 16.3 Å². The van der Waals surface area contributed by atoms with Crippen LogP contribution in [0.2, 0.25) is 0 Å². The SMILES string of the molecule is Cn1cnc(S(=O)(=O)Nc2c(Br)cccc2C(=O)O)c1. The van der Waals surface area contributed by atoms with E-state index in [0.717, 1.165) is 0 Å². The maximum Gasteiger partial charge on any atom is 0.337 e. The lowest BCUT2D eigenvalue weighted by molar-refractivity contribution is 0.0698. The summed E-state index contributed by atoms with van der Waals surface area (Å²) < 4.78 is 28.3. The lowest BCUT2D eigenvalue weighted by Gasteiger charge is -2.10. The summed E-state index contributed by atoms with van der Waals surface area (Å²) in [6, 6.07) is 4.36. The number of hydrogen-bond acceptors (Lipinski definition) is 4. The first-order valence-corrected chi connectivity index (χ1v) is 7.61. The Morgan fingerprint density at radius 2 is 2.15 bits per heavy atom. The van der Waals surface area contributed by atoms with E-state index in [1.165, 1.54) is 29.2 Å². The molecule has 0 radical (unpaired) electrons. The number of halogens is 1. The molecule has 1 heterocycles. The predicted octanol–water partition coefficient (Wildman–Crippen LogP) is 1.68. The van der Waals surface area contributed by atoms with Gasteiger partial charge < -0.3 is 9.67 Å². The maximum absolute atomic E-state index is 12.1. The quantitative estimate of drug-likeness (QED) is 0.864. The number of sulfonamides is 1. The first-order chi connectivity index (χ1) is 9.31. The van der Waals surface area contributed by atoms with Crippen molar-refractivity contribution in [2.24, 2.45) is 7.05 Å². The Labute approximate surface area is 123 Å². The fraction of sp³-hybridized carbons (Fsp3) is 0.0909. The van der Waals surface area contributed by atoms with Crippen molar-refractivity contribution in [1.82, 2.24) is 9.55 Å². The average Bonchev–Trinajstić information content (AvgIpc) is 2.79. The van der Waals surface area contributed by atoms with Crippen LogP contribution in [0.4, 0.5) is 5.69 Å². The second-order valence-corrected chi connectivity index (χ2v) is 6.43. The summed E-state index contributed by atoms with van der Waals surface area (Å²) >= 11 is 3.13. The molecule has 1 aromatic carbocycles. The first-order valence-electron chi connectivity index (χ1n) is 5.34. The van der Waals surface area contributed by atoms with Crippen LogP contribution < -0.4 is 4.72 Å². The number of carboxylic acid groups (broad SMARTS) is 1. The highest BCUT2D eigenvalue weighted by atomic mass is 79.9. The highest BCUT2D eigenvalue weighted by molar-refractivity contribution is 9.10. The van der Waals surface area contributed by atoms with E-state index in [9.17, 15) is 13.2 Å². The standard InChI is InChI=1S/C11H10BrN3O4S/c1-15-5-9(13-6-15)20(18,19)14-10-7(11(16)17)3-2-4-8(10)12/h2-6,14H,1H3,(H,16,17). The number of aromatic carboxylic acids is 1. The van der Waals surface area contributed by atoms with Crippen molar-refractivity contribution in [3.63, 3.8) is 0 Å². The molecular weight excluding hydrogens is 350 g/mol. The van der Waals surface area contributed by atoms with Crippen LogP contribution in [0.15, 0.2) is 40.2 Å². The highest BCUT2D eigenvalue weighted by Crippen LogP contribution is 2.28. The van der Waals surface area contributed by atoms with Crippen LogP contribution in [0.1, 0.15) is 10.4 Å². The number of para-hydroxylation sites is 1. The van der Waals surface area contributed by atoms with Crippen LogP contribution >= 0.6 is 15.9 Å². The summed E-state index contributed by atoms with van der Waals surface area (Å²) in [5.74, 6) is -1.23. The second kappa shape index (κ2) is 5.25. The fourth-order valence-corrected chi connectivity index (χ4v) is 3.20. The molecule has 2 N–H and O–H groups in total. The van der Waals surface area contributed by atoms with Crippen LogP contribution in [0, 0.1) is 0 Å². The van der Waals surface area contributed by atoms with Crippen molar-refractivity contribution in [3.8, 4) is 0 Å². The molecule has 106 valence electrons. The van der Waals surface area contributed by atoms with Crippen LogP contribution in [-0.4, -0.2) is 29.0 Å². The van der Waals surface area contributed by atoms with Gasteiger partial charge in [-0.25, -0.2) is 9.78 Å². The second-order valence-electron chi connectivity index (χ2n) is 3.95. The minimum Gasteiger partial charge on any atom is -0.478 e. The van der Waals surface area contributed by atoms with Crippen LogP contribution in [0.5, 0.6) is 0 Å². The van der Waals surface area contributed by atoms with Crippen LogP contribution in [0.3, 0.4) is 0 Å². The Kier molecular flexibility index (Phi) is 3.82. The molecule has 9 heteroatoms. The van der Waals surface area contributed by atoms with Gasteiger partial charge in [0.15, 0.2) is 5.03 Å². The van der Waals surface area contributed by atoms with Gasteiger partial charge >= 0.3 is 5.97 Å². The zero-order chi connectivity index (χ0) is 14.9. The van der Waals surface area contributed by atoms with E-state index in [4.69, 9.17) is 5.11 Å². The Morgan fingerprint density at radius 3 is 2.70 bits per heavy atom. The molecule has 0 amide bonds. The molecular formula is C11H10BrN3O4S. The summed E-state index contributed by atoms with van der Waals surface area (Å²) in [4.78, 5) is 14.9.